The summed E-state index contributed by atoms with van der Waals surface area (Å²) < 4.78 is 24.7. The van der Waals surface area contributed by atoms with Crippen molar-refractivity contribution < 1.29 is 23.7 Å². The second-order valence-corrected chi connectivity index (χ2v) is 9.50. The van der Waals surface area contributed by atoms with Crippen LogP contribution in [0.4, 0.5) is 10.5 Å². The van der Waals surface area contributed by atoms with E-state index in [2.05, 4.69) is 16.0 Å². The van der Waals surface area contributed by atoms with Crippen molar-refractivity contribution in [2.75, 3.05) is 25.1 Å². The molecule has 194 valence electrons. The molecule has 2 fully saturated rings. The van der Waals surface area contributed by atoms with E-state index in [1.165, 1.54) is 6.42 Å². The predicted molar refractivity (Wildman–Crippen MR) is 141 cm³/mol. The molecule has 2 aromatic carbocycles. The van der Waals surface area contributed by atoms with Gasteiger partial charge in [-0.05, 0) is 61.9 Å². The highest BCUT2D eigenvalue weighted by Crippen LogP contribution is 2.43. The number of benzene rings is 2. The number of ether oxygens (including phenoxy) is 4. The first-order valence-corrected chi connectivity index (χ1v) is 13.1. The monoisotopic (exact) mass is 503 g/mol. The Bertz CT molecular complexity index is 1280. The number of amides is 1. The van der Waals surface area contributed by atoms with Gasteiger partial charge in [0.05, 0.1) is 30.0 Å². The molecule has 1 saturated carbocycles. The first-order valence-electron chi connectivity index (χ1n) is 13.1. The van der Waals surface area contributed by atoms with E-state index in [9.17, 15) is 10.1 Å². The second kappa shape index (κ2) is 11.2. The quantitative estimate of drug-likeness (QED) is 0.363. The average molecular weight is 504 g/mol. The zero-order valence-electron chi connectivity index (χ0n) is 21.4. The number of hydrogen-bond donors (Lipinski definition) is 1. The van der Waals surface area contributed by atoms with Crippen LogP contribution in [-0.2, 0) is 14.2 Å². The fraction of sp³-hybridized carbons (Fsp3) is 0.448. The summed E-state index contributed by atoms with van der Waals surface area (Å²) in [5.74, 6) is 0.719. The molecule has 2 heterocycles. The number of nitriles is 1. The van der Waals surface area contributed by atoms with Gasteiger partial charge >= 0.3 is 6.09 Å². The van der Waals surface area contributed by atoms with E-state index < -0.39 is 6.09 Å². The van der Waals surface area contributed by atoms with Gasteiger partial charge in [-0.25, -0.2) is 4.79 Å². The Morgan fingerprint density at radius 3 is 2.49 bits per heavy atom. The number of nitrogens with zero attached hydrogens (tertiary/aromatic N) is 2. The second-order valence-electron chi connectivity index (χ2n) is 9.50. The van der Waals surface area contributed by atoms with Crippen molar-refractivity contribution in [3.8, 4) is 23.1 Å². The Morgan fingerprint density at radius 2 is 1.86 bits per heavy atom. The van der Waals surface area contributed by atoms with E-state index in [-0.39, 0.29) is 12.4 Å². The molecular formula is C29H33N3O5. The number of carbonyl (C=O) groups is 1. The van der Waals surface area contributed by atoms with Gasteiger partial charge in [-0.15, -0.1) is 0 Å². The Kier molecular flexibility index (Phi) is 7.63. The third-order valence-electron chi connectivity index (χ3n) is 7.19. The van der Waals surface area contributed by atoms with Gasteiger partial charge in [-0.2, -0.15) is 5.26 Å². The molecule has 0 radical (unpaired) electrons. The van der Waals surface area contributed by atoms with Crippen LogP contribution in [0.2, 0.25) is 0 Å². The predicted octanol–water partition coefficient (Wildman–Crippen LogP) is 6.39. The summed E-state index contributed by atoms with van der Waals surface area (Å²) >= 11 is 0. The van der Waals surface area contributed by atoms with E-state index in [1.807, 2.05) is 56.3 Å². The minimum Gasteiger partial charge on any atom is -0.488 e. The Morgan fingerprint density at radius 1 is 1.14 bits per heavy atom. The maximum absolute atomic E-state index is 12.3. The summed E-state index contributed by atoms with van der Waals surface area (Å²) in [5, 5.41) is 13.9. The molecule has 1 amide bonds. The van der Waals surface area contributed by atoms with Crippen LogP contribution in [0.15, 0.2) is 42.5 Å². The molecule has 0 spiro atoms. The van der Waals surface area contributed by atoms with Crippen molar-refractivity contribution in [3.63, 3.8) is 0 Å². The van der Waals surface area contributed by atoms with Gasteiger partial charge in [-0.1, -0.05) is 26.0 Å². The molecule has 1 aromatic heterocycles. The zero-order valence-corrected chi connectivity index (χ0v) is 21.4. The lowest BCUT2D eigenvalue weighted by atomic mass is 9.92. The summed E-state index contributed by atoms with van der Waals surface area (Å²) in [6.07, 6.45) is 3.96. The minimum atomic E-state index is -0.455. The van der Waals surface area contributed by atoms with E-state index in [4.69, 9.17) is 18.9 Å². The van der Waals surface area contributed by atoms with E-state index >= 15 is 0 Å². The highest BCUT2D eigenvalue weighted by Gasteiger charge is 2.28. The smallest absolute Gasteiger partial charge is 0.411 e. The van der Waals surface area contributed by atoms with Crippen molar-refractivity contribution in [1.29, 1.82) is 5.26 Å². The maximum atomic E-state index is 12.3. The number of anilines is 1. The van der Waals surface area contributed by atoms with Crippen LogP contribution in [0.1, 0.15) is 57.6 Å². The summed E-state index contributed by atoms with van der Waals surface area (Å²) in [4.78, 5) is 12.3. The van der Waals surface area contributed by atoms with Gasteiger partial charge in [0.25, 0.3) is 0 Å². The standard InChI is InChI=1S/C29H33N3O5/c1-3-22(4-2)37-29(33)31-20-10-8-19(9-11-20)28-25(17-30)24-13-12-23(36-18-27-34-14-15-35-27)16-26(24)32(28)21-6-5-7-21/h8-13,16,21-22,27H,3-7,14-15,18H2,1-2H3,(H,31,33). The Labute approximate surface area is 217 Å². The Balaban J connectivity index is 1.44. The first kappa shape index (κ1) is 25.1. The molecule has 8 nitrogen and oxygen atoms in total. The van der Waals surface area contributed by atoms with Crippen LogP contribution >= 0.6 is 0 Å². The molecular weight excluding hydrogens is 470 g/mol. The van der Waals surface area contributed by atoms with Crippen molar-refractivity contribution in [2.45, 2.75) is 64.4 Å². The molecule has 1 N–H and O–H groups in total. The van der Waals surface area contributed by atoms with Crippen molar-refractivity contribution in [3.05, 3.63) is 48.0 Å². The topological polar surface area (TPSA) is 94.7 Å². The van der Waals surface area contributed by atoms with Gasteiger partial charge in [0.2, 0.25) is 0 Å². The summed E-state index contributed by atoms with van der Waals surface area (Å²) in [6, 6.07) is 16.2. The number of rotatable bonds is 9. The number of fused-ring (bicyclic) bond motifs is 1. The van der Waals surface area contributed by atoms with E-state index in [0.29, 0.717) is 37.1 Å². The number of nitrogens with one attached hydrogen (secondary N) is 1. The minimum absolute atomic E-state index is 0.0947. The highest BCUT2D eigenvalue weighted by molar-refractivity contribution is 5.96. The van der Waals surface area contributed by atoms with Crippen LogP contribution in [-0.4, -0.2) is 42.9 Å². The molecule has 0 atom stereocenters. The number of carbonyl (C=O) groups excluding carboxylic acids is 1. The van der Waals surface area contributed by atoms with Crippen molar-refractivity contribution in [2.24, 2.45) is 0 Å². The lowest BCUT2D eigenvalue weighted by Crippen LogP contribution is -2.21. The summed E-state index contributed by atoms with van der Waals surface area (Å²) in [6.45, 7) is 5.48. The fourth-order valence-electron chi connectivity index (χ4n) is 4.93. The first-order chi connectivity index (χ1) is 18.1. The number of aromatic nitrogens is 1. The summed E-state index contributed by atoms with van der Waals surface area (Å²) in [5.41, 5.74) is 4.10. The molecule has 5 rings (SSSR count). The van der Waals surface area contributed by atoms with Crippen LogP contribution in [0, 0.1) is 11.3 Å². The van der Waals surface area contributed by atoms with Gasteiger partial charge in [0.1, 0.15) is 24.5 Å². The molecule has 2 aliphatic rings. The van der Waals surface area contributed by atoms with E-state index in [1.54, 1.807) is 0 Å². The molecule has 1 aliphatic carbocycles. The third-order valence-corrected chi connectivity index (χ3v) is 7.19. The molecule has 0 bridgehead atoms. The third kappa shape index (κ3) is 5.29. The lowest BCUT2D eigenvalue weighted by Gasteiger charge is -2.30. The molecule has 37 heavy (non-hydrogen) atoms. The van der Waals surface area contributed by atoms with Crippen LogP contribution in [0.25, 0.3) is 22.2 Å². The highest BCUT2D eigenvalue weighted by atomic mass is 16.7. The van der Waals surface area contributed by atoms with Gasteiger partial charge < -0.3 is 23.5 Å². The molecule has 3 aromatic rings. The fourth-order valence-corrected chi connectivity index (χ4v) is 4.93. The number of hydrogen-bond acceptors (Lipinski definition) is 6. The van der Waals surface area contributed by atoms with Crippen molar-refractivity contribution in [1.82, 2.24) is 4.57 Å². The van der Waals surface area contributed by atoms with Crippen LogP contribution in [0.5, 0.6) is 5.75 Å². The Hall–Kier alpha value is -3.54. The van der Waals surface area contributed by atoms with Crippen molar-refractivity contribution >= 4 is 22.7 Å². The molecule has 1 aliphatic heterocycles. The molecule has 1 saturated heterocycles. The zero-order chi connectivity index (χ0) is 25.8. The maximum Gasteiger partial charge on any atom is 0.411 e. The molecule has 0 unspecified atom stereocenters. The SMILES string of the molecule is CCC(CC)OC(=O)Nc1ccc(-c2c(C#N)c3ccc(OCC4OCCO4)cc3n2C2CCC2)cc1. The van der Waals surface area contributed by atoms with Gasteiger partial charge in [0, 0.05) is 23.2 Å². The largest absolute Gasteiger partial charge is 0.488 e. The van der Waals surface area contributed by atoms with Gasteiger partial charge in [-0.3, -0.25) is 5.32 Å². The van der Waals surface area contributed by atoms with Gasteiger partial charge in [0.15, 0.2) is 6.29 Å². The average Bonchev–Trinajstić information content (AvgIpc) is 3.52. The summed E-state index contributed by atoms with van der Waals surface area (Å²) in [7, 11) is 0. The van der Waals surface area contributed by atoms with Crippen LogP contribution < -0.4 is 10.1 Å². The van der Waals surface area contributed by atoms with E-state index in [0.717, 1.165) is 53.6 Å². The molecule has 8 heteroatoms. The van der Waals surface area contributed by atoms with Crippen LogP contribution in [0.3, 0.4) is 0 Å². The lowest BCUT2D eigenvalue weighted by molar-refractivity contribution is -0.0683. The normalized spacial score (nSPS) is 16.1.